The fourth-order valence-electron chi connectivity index (χ4n) is 1.95. The minimum Gasteiger partial charge on any atom is -0.486 e. The lowest BCUT2D eigenvalue weighted by Crippen LogP contribution is -2.16. The Bertz CT molecular complexity index is 544. The predicted molar refractivity (Wildman–Crippen MR) is 87.5 cm³/mol. The number of ether oxygens (including phenoxy) is 1. The lowest BCUT2D eigenvalue weighted by molar-refractivity contribution is 0.195. The maximum Gasteiger partial charge on any atom is 0.125 e. The van der Waals surface area contributed by atoms with E-state index in [4.69, 9.17) is 16.3 Å². The molecule has 0 aliphatic carbocycles. The normalized spacial score (nSPS) is 12.2. The van der Waals surface area contributed by atoms with Gasteiger partial charge in [0.15, 0.2) is 0 Å². The molecule has 0 heterocycles. The third-order valence-corrected chi connectivity index (χ3v) is 3.74. The second-order valence-corrected chi connectivity index (χ2v) is 5.86. The van der Waals surface area contributed by atoms with Gasteiger partial charge in [0.05, 0.1) is 0 Å². The van der Waals surface area contributed by atoms with E-state index in [0.717, 1.165) is 28.8 Å². The minimum atomic E-state index is 0.00835. The maximum absolute atomic E-state index is 6.08. The summed E-state index contributed by atoms with van der Waals surface area (Å²) in [5.74, 6) is 0.793. The van der Waals surface area contributed by atoms with Gasteiger partial charge in [0, 0.05) is 15.9 Å². The van der Waals surface area contributed by atoms with Crippen molar-refractivity contribution < 1.29 is 4.74 Å². The molecule has 0 spiro atoms. The number of hydrogen-bond acceptors (Lipinski definition) is 2. The number of hydrogen-bond donors (Lipinski definition) is 1. The SMILES string of the molecule is CNCCC(Oc1cccc(Cl)c1)c1ccc(Br)cc1. The van der Waals surface area contributed by atoms with Gasteiger partial charge in [-0.15, -0.1) is 0 Å². The number of halogens is 2. The van der Waals surface area contributed by atoms with Crippen molar-refractivity contribution in [3.8, 4) is 5.75 Å². The molecule has 0 amide bonds. The highest BCUT2D eigenvalue weighted by atomic mass is 79.9. The first-order valence-corrected chi connectivity index (χ1v) is 7.68. The summed E-state index contributed by atoms with van der Waals surface area (Å²) >= 11 is 9.45. The Balaban J connectivity index is 2.16. The average Bonchev–Trinajstić information content (AvgIpc) is 2.44. The Labute approximate surface area is 133 Å². The zero-order valence-electron chi connectivity index (χ0n) is 11.3. The van der Waals surface area contributed by atoms with Crippen LogP contribution in [0.2, 0.25) is 5.02 Å². The molecule has 20 heavy (non-hydrogen) atoms. The zero-order valence-corrected chi connectivity index (χ0v) is 13.6. The Morgan fingerprint density at radius 3 is 2.60 bits per heavy atom. The Hall–Kier alpha value is -1.03. The molecule has 0 bridgehead atoms. The summed E-state index contributed by atoms with van der Waals surface area (Å²) < 4.78 is 7.15. The molecule has 0 saturated carbocycles. The molecule has 106 valence electrons. The summed E-state index contributed by atoms with van der Waals surface area (Å²) in [7, 11) is 1.94. The van der Waals surface area contributed by atoms with Gasteiger partial charge < -0.3 is 10.1 Å². The van der Waals surface area contributed by atoms with E-state index in [0.29, 0.717) is 5.02 Å². The first kappa shape index (κ1) is 15.4. The number of nitrogens with one attached hydrogen (secondary N) is 1. The third-order valence-electron chi connectivity index (χ3n) is 2.97. The molecule has 1 atom stereocenters. The van der Waals surface area contributed by atoms with Gasteiger partial charge in [0.2, 0.25) is 0 Å². The van der Waals surface area contributed by atoms with Crippen molar-refractivity contribution in [2.75, 3.05) is 13.6 Å². The molecule has 0 radical (unpaired) electrons. The Morgan fingerprint density at radius 2 is 1.95 bits per heavy atom. The standard InChI is InChI=1S/C16H17BrClNO/c1-19-10-9-16(12-5-7-13(17)8-6-12)20-15-4-2-3-14(18)11-15/h2-8,11,16,19H,9-10H2,1H3. The molecular weight excluding hydrogens is 338 g/mol. The largest absolute Gasteiger partial charge is 0.486 e. The maximum atomic E-state index is 6.08. The lowest BCUT2D eigenvalue weighted by atomic mass is 10.1. The van der Waals surface area contributed by atoms with Crippen LogP contribution in [-0.2, 0) is 0 Å². The molecular formula is C16H17BrClNO. The van der Waals surface area contributed by atoms with Crippen LogP contribution in [0.25, 0.3) is 0 Å². The predicted octanol–water partition coefficient (Wildman–Crippen LogP) is 4.83. The fraction of sp³-hybridized carbons (Fsp3) is 0.250. The van der Waals surface area contributed by atoms with Crippen LogP contribution < -0.4 is 10.1 Å². The molecule has 2 rings (SSSR count). The highest BCUT2D eigenvalue weighted by molar-refractivity contribution is 9.10. The van der Waals surface area contributed by atoms with Gasteiger partial charge in [-0.1, -0.05) is 45.7 Å². The highest BCUT2D eigenvalue weighted by Gasteiger charge is 2.13. The molecule has 2 aromatic carbocycles. The van der Waals surface area contributed by atoms with Crippen molar-refractivity contribution in [3.05, 3.63) is 63.6 Å². The van der Waals surface area contributed by atoms with Crippen LogP contribution in [0.15, 0.2) is 53.0 Å². The summed E-state index contributed by atoms with van der Waals surface area (Å²) in [6, 6.07) is 15.7. The molecule has 1 unspecified atom stereocenters. The van der Waals surface area contributed by atoms with E-state index in [2.05, 4.69) is 33.4 Å². The quantitative estimate of drug-likeness (QED) is 0.802. The molecule has 0 aromatic heterocycles. The van der Waals surface area contributed by atoms with Crippen LogP contribution in [0.1, 0.15) is 18.1 Å². The van der Waals surface area contributed by atoms with Gasteiger partial charge in [-0.25, -0.2) is 0 Å². The van der Waals surface area contributed by atoms with Gasteiger partial charge >= 0.3 is 0 Å². The second kappa shape index (κ2) is 7.67. The smallest absolute Gasteiger partial charge is 0.125 e. The summed E-state index contributed by atoms with van der Waals surface area (Å²) in [5, 5.41) is 3.85. The molecule has 2 nitrogen and oxygen atoms in total. The van der Waals surface area contributed by atoms with Crippen molar-refractivity contribution >= 4 is 27.5 Å². The van der Waals surface area contributed by atoms with E-state index in [1.165, 1.54) is 0 Å². The van der Waals surface area contributed by atoms with E-state index in [1.54, 1.807) is 0 Å². The van der Waals surface area contributed by atoms with Crippen LogP contribution in [-0.4, -0.2) is 13.6 Å². The zero-order chi connectivity index (χ0) is 14.4. The second-order valence-electron chi connectivity index (χ2n) is 4.51. The van der Waals surface area contributed by atoms with Gasteiger partial charge in [-0.3, -0.25) is 0 Å². The highest BCUT2D eigenvalue weighted by Crippen LogP contribution is 2.27. The van der Waals surface area contributed by atoms with Crippen molar-refractivity contribution in [1.82, 2.24) is 5.32 Å². The first-order chi connectivity index (χ1) is 9.69. The third kappa shape index (κ3) is 4.51. The molecule has 0 fully saturated rings. The molecule has 4 heteroatoms. The number of benzene rings is 2. The van der Waals surface area contributed by atoms with Crippen LogP contribution in [0.5, 0.6) is 5.75 Å². The van der Waals surface area contributed by atoms with Gasteiger partial charge in [-0.05, 0) is 49.5 Å². The van der Waals surface area contributed by atoms with Crippen molar-refractivity contribution in [1.29, 1.82) is 0 Å². The summed E-state index contributed by atoms with van der Waals surface area (Å²) in [4.78, 5) is 0. The summed E-state index contributed by atoms with van der Waals surface area (Å²) in [6.45, 7) is 0.890. The summed E-state index contributed by atoms with van der Waals surface area (Å²) in [5.41, 5.74) is 1.16. The van der Waals surface area contributed by atoms with E-state index in [1.807, 2.05) is 43.4 Å². The molecule has 1 N–H and O–H groups in total. The topological polar surface area (TPSA) is 21.3 Å². The van der Waals surface area contributed by atoms with Gasteiger partial charge in [-0.2, -0.15) is 0 Å². The van der Waals surface area contributed by atoms with Crippen LogP contribution >= 0.6 is 27.5 Å². The lowest BCUT2D eigenvalue weighted by Gasteiger charge is -2.20. The fourth-order valence-corrected chi connectivity index (χ4v) is 2.40. The summed E-state index contributed by atoms with van der Waals surface area (Å²) in [6.07, 6.45) is 0.902. The Kier molecular flexibility index (Phi) is 5.89. The van der Waals surface area contributed by atoms with E-state index >= 15 is 0 Å². The van der Waals surface area contributed by atoms with Crippen molar-refractivity contribution in [3.63, 3.8) is 0 Å². The van der Waals surface area contributed by atoms with Crippen LogP contribution in [0.3, 0.4) is 0 Å². The minimum absolute atomic E-state index is 0.00835. The molecule has 2 aromatic rings. The molecule has 0 aliphatic heterocycles. The van der Waals surface area contributed by atoms with Crippen LogP contribution in [0.4, 0.5) is 0 Å². The molecule has 0 saturated heterocycles. The Morgan fingerprint density at radius 1 is 1.20 bits per heavy atom. The van der Waals surface area contributed by atoms with Crippen LogP contribution in [0, 0.1) is 0 Å². The van der Waals surface area contributed by atoms with E-state index < -0.39 is 0 Å². The monoisotopic (exact) mass is 353 g/mol. The van der Waals surface area contributed by atoms with E-state index in [-0.39, 0.29) is 6.10 Å². The van der Waals surface area contributed by atoms with Gasteiger partial charge in [0.25, 0.3) is 0 Å². The molecule has 0 aliphatic rings. The van der Waals surface area contributed by atoms with E-state index in [9.17, 15) is 0 Å². The first-order valence-electron chi connectivity index (χ1n) is 6.51. The van der Waals surface area contributed by atoms with Gasteiger partial charge in [0.1, 0.15) is 11.9 Å². The number of rotatable bonds is 6. The van der Waals surface area contributed by atoms with Crippen molar-refractivity contribution in [2.24, 2.45) is 0 Å². The van der Waals surface area contributed by atoms with Crippen molar-refractivity contribution in [2.45, 2.75) is 12.5 Å². The average molecular weight is 355 g/mol.